The molecule has 0 fully saturated rings. The number of anilines is 1. The van der Waals surface area contributed by atoms with Gasteiger partial charge in [-0.2, -0.15) is 0 Å². The predicted molar refractivity (Wildman–Crippen MR) is 89.3 cm³/mol. The number of Topliss-reactive ketones (excluding diaryl/α,β-unsaturated/α-hetero) is 1. The maximum atomic E-state index is 12.4. The molecule has 2 N–H and O–H groups in total. The molecular formula is C17H13ClN2O3. The number of methoxy groups -OCH3 is 1. The van der Waals surface area contributed by atoms with Crippen LogP contribution in [0.2, 0.25) is 5.02 Å². The van der Waals surface area contributed by atoms with Gasteiger partial charge in [-0.15, -0.1) is 0 Å². The minimum absolute atomic E-state index is 0.290. The van der Waals surface area contributed by atoms with Crippen LogP contribution in [0.15, 0.2) is 48.7 Å². The van der Waals surface area contributed by atoms with Crippen molar-refractivity contribution in [3.8, 4) is 5.75 Å². The SMILES string of the molecule is COc1ccc2[nH]cc(C(=O)C(=O)Nc3cccc(Cl)c3)c2c1. The van der Waals surface area contributed by atoms with E-state index >= 15 is 0 Å². The molecule has 0 aliphatic rings. The average Bonchev–Trinajstić information content (AvgIpc) is 2.97. The van der Waals surface area contributed by atoms with Gasteiger partial charge in [0.05, 0.1) is 12.7 Å². The standard InChI is InChI=1S/C17H13ClN2O3/c1-23-12-5-6-15-13(8-12)14(9-19-15)16(21)17(22)20-11-4-2-3-10(18)7-11/h2-9,19H,1H3,(H,20,22). The summed E-state index contributed by atoms with van der Waals surface area (Å²) < 4.78 is 5.16. The topological polar surface area (TPSA) is 71.2 Å². The lowest BCUT2D eigenvalue weighted by Gasteiger charge is -2.05. The van der Waals surface area contributed by atoms with E-state index in [2.05, 4.69) is 10.3 Å². The summed E-state index contributed by atoms with van der Waals surface area (Å²) in [7, 11) is 1.54. The molecule has 23 heavy (non-hydrogen) atoms. The highest BCUT2D eigenvalue weighted by molar-refractivity contribution is 6.48. The molecule has 0 aliphatic heterocycles. The van der Waals surface area contributed by atoms with Gasteiger partial charge in [0.25, 0.3) is 11.7 Å². The van der Waals surface area contributed by atoms with Gasteiger partial charge in [0.15, 0.2) is 0 Å². The van der Waals surface area contributed by atoms with Crippen molar-refractivity contribution in [1.29, 1.82) is 0 Å². The van der Waals surface area contributed by atoms with E-state index in [1.807, 2.05) is 0 Å². The van der Waals surface area contributed by atoms with Crippen LogP contribution in [0.25, 0.3) is 10.9 Å². The molecule has 6 heteroatoms. The summed E-state index contributed by atoms with van der Waals surface area (Å²) in [6.07, 6.45) is 1.52. The molecule has 116 valence electrons. The van der Waals surface area contributed by atoms with Gasteiger partial charge in [0.2, 0.25) is 0 Å². The Morgan fingerprint density at radius 2 is 2.00 bits per heavy atom. The molecule has 0 radical (unpaired) electrons. The summed E-state index contributed by atoms with van der Waals surface area (Å²) in [4.78, 5) is 27.5. The highest BCUT2D eigenvalue weighted by Crippen LogP contribution is 2.24. The molecule has 0 saturated heterocycles. The zero-order chi connectivity index (χ0) is 16.4. The van der Waals surface area contributed by atoms with Gasteiger partial charge >= 0.3 is 0 Å². The number of aromatic amines is 1. The predicted octanol–water partition coefficient (Wildman–Crippen LogP) is 3.65. The van der Waals surface area contributed by atoms with Crippen molar-refractivity contribution >= 4 is 39.9 Å². The number of H-pyrrole nitrogens is 1. The monoisotopic (exact) mass is 328 g/mol. The number of benzene rings is 2. The van der Waals surface area contributed by atoms with Crippen molar-refractivity contribution in [2.24, 2.45) is 0 Å². The summed E-state index contributed by atoms with van der Waals surface area (Å²) in [5, 5.41) is 3.66. The van der Waals surface area contributed by atoms with E-state index in [0.29, 0.717) is 27.4 Å². The van der Waals surface area contributed by atoms with Gasteiger partial charge in [-0.1, -0.05) is 17.7 Å². The first-order chi connectivity index (χ1) is 11.1. The zero-order valence-corrected chi connectivity index (χ0v) is 13.0. The molecule has 0 spiro atoms. The number of amides is 1. The van der Waals surface area contributed by atoms with Gasteiger partial charge in [0, 0.05) is 27.8 Å². The number of nitrogens with one attached hydrogen (secondary N) is 2. The van der Waals surface area contributed by atoms with Gasteiger partial charge in [-0.25, -0.2) is 0 Å². The zero-order valence-electron chi connectivity index (χ0n) is 12.2. The number of hydrogen-bond acceptors (Lipinski definition) is 3. The largest absolute Gasteiger partial charge is 0.497 e. The smallest absolute Gasteiger partial charge is 0.296 e. The van der Waals surface area contributed by atoms with E-state index < -0.39 is 11.7 Å². The van der Waals surface area contributed by atoms with Crippen molar-refractivity contribution in [2.45, 2.75) is 0 Å². The molecular weight excluding hydrogens is 316 g/mol. The van der Waals surface area contributed by atoms with Crippen LogP contribution in [0.1, 0.15) is 10.4 Å². The van der Waals surface area contributed by atoms with Gasteiger partial charge in [-0.3, -0.25) is 9.59 Å². The number of aromatic nitrogens is 1. The Morgan fingerprint density at radius 3 is 2.74 bits per heavy atom. The third-order valence-corrected chi connectivity index (χ3v) is 3.66. The molecule has 3 rings (SSSR count). The third kappa shape index (κ3) is 3.05. The lowest BCUT2D eigenvalue weighted by atomic mass is 10.1. The summed E-state index contributed by atoms with van der Waals surface area (Å²) in [6, 6.07) is 11.9. The second kappa shape index (κ2) is 6.14. The van der Waals surface area contributed by atoms with Crippen LogP contribution in [-0.2, 0) is 4.79 Å². The van der Waals surface area contributed by atoms with Crippen LogP contribution in [0.4, 0.5) is 5.69 Å². The summed E-state index contributed by atoms with van der Waals surface area (Å²) in [6.45, 7) is 0. The lowest BCUT2D eigenvalue weighted by Crippen LogP contribution is -2.22. The van der Waals surface area contributed by atoms with E-state index in [4.69, 9.17) is 16.3 Å². The molecule has 0 bridgehead atoms. The van der Waals surface area contributed by atoms with E-state index in [0.717, 1.165) is 5.52 Å². The van der Waals surface area contributed by atoms with Crippen LogP contribution in [0, 0.1) is 0 Å². The average molecular weight is 329 g/mol. The molecule has 1 aromatic heterocycles. The number of ether oxygens (including phenoxy) is 1. The Hall–Kier alpha value is -2.79. The maximum absolute atomic E-state index is 12.4. The van der Waals surface area contributed by atoms with Crippen LogP contribution < -0.4 is 10.1 Å². The van der Waals surface area contributed by atoms with Crippen molar-refractivity contribution in [2.75, 3.05) is 12.4 Å². The number of fused-ring (bicyclic) bond motifs is 1. The number of hydrogen-bond donors (Lipinski definition) is 2. The van der Waals surface area contributed by atoms with Crippen LogP contribution in [0.5, 0.6) is 5.75 Å². The fourth-order valence-electron chi connectivity index (χ4n) is 2.29. The van der Waals surface area contributed by atoms with E-state index in [9.17, 15) is 9.59 Å². The first-order valence-corrected chi connectivity index (χ1v) is 7.22. The second-order valence-electron chi connectivity index (χ2n) is 4.91. The van der Waals surface area contributed by atoms with E-state index in [1.54, 1.807) is 49.6 Å². The highest BCUT2D eigenvalue weighted by Gasteiger charge is 2.20. The minimum atomic E-state index is -0.726. The molecule has 0 unspecified atom stereocenters. The van der Waals surface area contributed by atoms with Crippen molar-refractivity contribution < 1.29 is 14.3 Å². The van der Waals surface area contributed by atoms with E-state index in [-0.39, 0.29) is 0 Å². The lowest BCUT2D eigenvalue weighted by molar-refractivity contribution is -0.112. The minimum Gasteiger partial charge on any atom is -0.497 e. The Labute approximate surface area is 137 Å². The Morgan fingerprint density at radius 1 is 1.17 bits per heavy atom. The Kier molecular flexibility index (Phi) is 4.04. The van der Waals surface area contributed by atoms with Gasteiger partial charge in [0.1, 0.15) is 5.75 Å². The molecule has 3 aromatic rings. The van der Waals surface area contributed by atoms with Crippen LogP contribution in [-0.4, -0.2) is 23.8 Å². The number of carbonyl (C=O) groups excluding carboxylic acids is 2. The second-order valence-corrected chi connectivity index (χ2v) is 5.34. The Bertz CT molecular complexity index is 902. The molecule has 0 atom stereocenters. The van der Waals surface area contributed by atoms with Crippen LogP contribution >= 0.6 is 11.6 Å². The summed E-state index contributed by atoms with van der Waals surface area (Å²) in [5.41, 5.74) is 1.51. The van der Waals surface area contributed by atoms with Gasteiger partial charge < -0.3 is 15.0 Å². The fraction of sp³-hybridized carbons (Fsp3) is 0.0588. The number of halogens is 1. The first kappa shape index (κ1) is 15.1. The molecule has 1 amide bonds. The Balaban J connectivity index is 1.89. The van der Waals surface area contributed by atoms with Crippen LogP contribution in [0.3, 0.4) is 0 Å². The van der Waals surface area contributed by atoms with Gasteiger partial charge in [-0.05, 0) is 36.4 Å². The fourth-order valence-corrected chi connectivity index (χ4v) is 2.48. The maximum Gasteiger partial charge on any atom is 0.296 e. The molecule has 5 nitrogen and oxygen atoms in total. The number of ketones is 1. The summed E-state index contributed by atoms with van der Waals surface area (Å²) >= 11 is 5.86. The first-order valence-electron chi connectivity index (χ1n) is 6.85. The highest BCUT2D eigenvalue weighted by atomic mass is 35.5. The molecule has 0 aliphatic carbocycles. The molecule has 0 saturated carbocycles. The molecule has 1 heterocycles. The number of rotatable bonds is 4. The normalized spacial score (nSPS) is 10.5. The van der Waals surface area contributed by atoms with E-state index in [1.165, 1.54) is 6.20 Å². The third-order valence-electron chi connectivity index (χ3n) is 3.42. The quantitative estimate of drug-likeness (QED) is 0.567. The molecule has 2 aromatic carbocycles. The van der Waals surface area contributed by atoms with Crippen molar-refractivity contribution in [1.82, 2.24) is 4.98 Å². The van der Waals surface area contributed by atoms with Crippen molar-refractivity contribution in [3.63, 3.8) is 0 Å². The summed E-state index contributed by atoms with van der Waals surface area (Å²) in [5.74, 6) is -0.748. The van der Waals surface area contributed by atoms with Crippen molar-refractivity contribution in [3.05, 3.63) is 59.2 Å². The number of carbonyl (C=O) groups is 2.